The number of likely N-dealkylation sites (tertiary alicyclic amines) is 1. The van der Waals surface area contributed by atoms with Crippen molar-refractivity contribution in [2.24, 2.45) is 16.0 Å². The molecule has 0 bridgehead atoms. The summed E-state index contributed by atoms with van der Waals surface area (Å²) in [7, 11) is 0. The van der Waals surface area contributed by atoms with E-state index in [2.05, 4.69) is 14.1 Å². The van der Waals surface area contributed by atoms with E-state index in [0.717, 1.165) is 36.0 Å². The summed E-state index contributed by atoms with van der Waals surface area (Å²) in [4.78, 5) is 19.9. The van der Waals surface area contributed by atoms with Gasteiger partial charge in [-0.3, -0.25) is 9.78 Å². The molecule has 1 amide bonds. The van der Waals surface area contributed by atoms with Gasteiger partial charge in [0.05, 0.1) is 28.9 Å². The number of rotatable bonds is 4. The fourth-order valence-corrected chi connectivity index (χ4v) is 5.17. The Morgan fingerprint density at radius 2 is 2.15 bits per heavy atom. The number of para-hydroxylation sites is 1. The highest BCUT2D eigenvalue weighted by Crippen LogP contribution is 2.31. The molecule has 3 N–H and O–H groups in total. The van der Waals surface area contributed by atoms with Gasteiger partial charge in [-0.25, -0.2) is 0 Å². The molecular formula is C24H25N5O3S. The van der Waals surface area contributed by atoms with Crippen LogP contribution in [0, 0.1) is 12.8 Å². The molecule has 2 aliphatic heterocycles. The predicted octanol–water partition coefficient (Wildman–Crippen LogP) is 3.18. The van der Waals surface area contributed by atoms with E-state index in [-0.39, 0.29) is 17.7 Å². The highest BCUT2D eigenvalue weighted by Gasteiger charge is 2.28. The minimum absolute atomic E-state index is 0.0292. The summed E-state index contributed by atoms with van der Waals surface area (Å²) < 4.78 is 24.5. The molecule has 0 aliphatic carbocycles. The number of nitrogens with two attached hydrogens (primary N) is 1. The van der Waals surface area contributed by atoms with Crippen molar-refractivity contribution in [3.05, 3.63) is 65.4 Å². The minimum Gasteiger partial charge on any atom is -0.566 e. The van der Waals surface area contributed by atoms with Crippen molar-refractivity contribution in [1.29, 1.82) is 0 Å². The molecule has 0 radical (unpaired) electrons. The Labute approximate surface area is 195 Å². The Balaban J connectivity index is 1.31. The van der Waals surface area contributed by atoms with E-state index in [4.69, 9.17) is 10.5 Å². The molecule has 8 nitrogen and oxygen atoms in total. The second kappa shape index (κ2) is 8.92. The first kappa shape index (κ1) is 21.5. The number of aromatic nitrogens is 1. The van der Waals surface area contributed by atoms with Crippen molar-refractivity contribution < 1.29 is 14.1 Å². The molecule has 0 spiro atoms. The van der Waals surface area contributed by atoms with Gasteiger partial charge in [0.15, 0.2) is 5.84 Å². The van der Waals surface area contributed by atoms with E-state index >= 15 is 0 Å². The van der Waals surface area contributed by atoms with Gasteiger partial charge >= 0.3 is 0 Å². The van der Waals surface area contributed by atoms with Crippen LogP contribution in [0.2, 0.25) is 0 Å². The van der Waals surface area contributed by atoms with Crippen LogP contribution in [0.5, 0.6) is 5.75 Å². The second-order valence-corrected chi connectivity index (χ2v) is 9.29. The van der Waals surface area contributed by atoms with E-state index in [1.165, 1.54) is 0 Å². The topological polar surface area (TPSA) is 116 Å². The molecule has 2 aromatic carbocycles. The average molecular weight is 464 g/mol. The van der Waals surface area contributed by atoms with Crippen LogP contribution in [0.4, 0.5) is 5.69 Å². The monoisotopic (exact) mass is 463 g/mol. The zero-order chi connectivity index (χ0) is 22.9. The molecule has 2 atom stereocenters. The lowest BCUT2D eigenvalue weighted by molar-refractivity contribution is 0.0635. The minimum atomic E-state index is -1.58. The van der Waals surface area contributed by atoms with Crippen LogP contribution in [-0.4, -0.2) is 45.9 Å². The van der Waals surface area contributed by atoms with Crippen LogP contribution in [-0.2, 0) is 11.5 Å². The first-order valence-electron chi connectivity index (χ1n) is 10.9. The lowest BCUT2D eigenvalue weighted by Gasteiger charge is -2.33. The summed E-state index contributed by atoms with van der Waals surface area (Å²) in [6.45, 7) is 3.71. The Kier molecular flexibility index (Phi) is 5.82. The summed E-state index contributed by atoms with van der Waals surface area (Å²) >= 11 is -1.58. The summed E-state index contributed by atoms with van der Waals surface area (Å²) in [5.74, 6) is 1.01. The number of piperidine rings is 1. The van der Waals surface area contributed by atoms with Crippen LogP contribution >= 0.6 is 0 Å². The van der Waals surface area contributed by atoms with Gasteiger partial charge in [-0.2, -0.15) is 4.72 Å². The number of pyridine rings is 1. The largest absolute Gasteiger partial charge is 0.566 e. The number of nitrogens with zero attached hydrogens (tertiary/aromatic N) is 3. The van der Waals surface area contributed by atoms with E-state index < -0.39 is 11.5 Å². The van der Waals surface area contributed by atoms with Gasteiger partial charge in [0.25, 0.3) is 5.91 Å². The zero-order valence-corrected chi connectivity index (χ0v) is 19.1. The van der Waals surface area contributed by atoms with Gasteiger partial charge in [-0.1, -0.05) is 24.3 Å². The number of carbonyl (C=O) groups is 1. The van der Waals surface area contributed by atoms with Crippen molar-refractivity contribution >= 4 is 39.9 Å². The normalized spacial score (nSPS) is 20.1. The van der Waals surface area contributed by atoms with Gasteiger partial charge < -0.3 is 19.9 Å². The SMILES string of the molecule is Cc1cc(C(=O)N2CCCC(COc3cccc4c3C(N)=N[S+]([O-])N4)C2)c2ccccc2n1. The molecule has 33 heavy (non-hydrogen) atoms. The van der Waals surface area contributed by atoms with E-state index in [1.807, 2.05) is 54.3 Å². The van der Waals surface area contributed by atoms with Gasteiger partial charge in [0.2, 0.25) is 11.5 Å². The Bertz CT molecular complexity index is 1250. The van der Waals surface area contributed by atoms with E-state index in [0.29, 0.717) is 35.7 Å². The van der Waals surface area contributed by atoms with Gasteiger partial charge in [-0.15, -0.1) is 0 Å². The number of benzene rings is 2. The summed E-state index contributed by atoms with van der Waals surface area (Å²) in [6, 6.07) is 15.1. The van der Waals surface area contributed by atoms with Crippen LogP contribution in [0.25, 0.3) is 10.9 Å². The quantitative estimate of drug-likeness (QED) is 0.574. The zero-order valence-electron chi connectivity index (χ0n) is 18.3. The van der Waals surface area contributed by atoms with Gasteiger partial charge in [-0.05, 0) is 48.4 Å². The molecule has 1 fully saturated rings. The highest BCUT2D eigenvalue weighted by atomic mass is 32.2. The maximum Gasteiger partial charge on any atom is 0.254 e. The third-order valence-corrected chi connectivity index (χ3v) is 6.77. The molecule has 3 heterocycles. The molecule has 170 valence electrons. The smallest absolute Gasteiger partial charge is 0.254 e. The van der Waals surface area contributed by atoms with Crippen molar-refractivity contribution in [2.45, 2.75) is 19.8 Å². The molecular weight excluding hydrogens is 438 g/mol. The average Bonchev–Trinajstić information content (AvgIpc) is 2.81. The maximum absolute atomic E-state index is 13.4. The molecule has 3 aromatic rings. The number of hydrogen-bond acceptors (Lipinski definition) is 7. The third kappa shape index (κ3) is 4.34. The Morgan fingerprint density at radius 3 is 3.03 bits per heavy atom. The Morgan fingerprint density at radius 1 is 1.30 bits per heavy atom. The first-order valence-corrected chi connectivity index (χ1v) is 12.0. The first-order chi connectivity index (χ1) is 16.0. The third-order valence-electron chi connectivity index (χ3n) is 6.02. The number of fused-ring (bicyclic) bond motifs is 2. The number of amides is 1. The molecule has 5 rings (SSSR count). The van der Waals surface area contributed by atoms with Crippen molar-refractivity contribution in [2.75, 3.05) is 24.4 Å². The molecule has 0 saturated carbocycles. The number of ether oxygens (including phenoxy) is 1. The lowest BCUT2D eigenvalue weighted by Crippen LogP contribution is -2.41. The number of aryl methyl sites for hydroxylation is 1. The number of anilines is 1. The highest BCUT2D eigenvalue weighted by molar-refractivity contribution is 7.91. The van der Waals surface area contributed by atoms with Crippen molar-refractivity contribution in [1.82, 2.24) is 9.88 Å². The fourth-order valence-electron chi connectivity index (χ4n) is 4.50. The van der Waals surface area contributed by atoms with Crippen LogP contribution in [0.15, 0.2) is 52.9 Å². The summed E-state index contributed by atoms with van der Waals surface area (Å²) in [6.07, 6.45) is 1.89. The van der Waals surface area contributed by atoms with E-state index in [9.17, 15) is 9.35 Å². The van der Waals surface area contributed by atoms with Crippen molar-refractivity contribution in [3.8, 4) is 5.75 Å². The molecule has 2 aliphatic rings. The lowest BCUT2D eigenvalue weighted by atomic mass is 9.97. The molecule has 1 saturated heterocycles. The summed E-state index contributed by atoms with van der Waals surface area (Å²) in [5.41, 5.74) is 9.63. The summed E-state index contributed by atoms with van der Waals surface area (Å²) in [5, 5.41) is 0.877. The number of amidine groups is 1. The fraction of sp³-hybridized carbons (Fsp3) is 0.292. The van der Waals surface area contributed by atoms with Gasteiger partial charge in [0.1, 0.15) is 5.75 Å². The number of hydrogen-bond donors (Lipinski definition) is 2. The molecule has 1 aromatic heterocycles. The molecule has 9 heteroatoms. The van der Waals surface area contributed by atoms with Crippen LogP contribution in [0.3, 0.4) is 0 Å². The van der Waals surface area contributed by atoms with Crippen LogP contribution in [0.1, 0.15) is 34.5 Å². The standard InChI is InChI=1S/C24H25N5O3S/c1-15-12-18(17-7-2-3-8-19(17)26-15)24(30)29-11-5-6-16(13-29)14-32-21-10-4-9-20-22(21)23(25)28-33(31)27-20/h2-4,7-10,12,16,27H,5-6,11,13-14H2,1H3,(H2,25,28). The van der Waals surface area contributed by atoms with E-state index in [1.54, 1.807) is 6.07 Å². The molecule has 2 unspecified atom stereocenters. The number of carbonyl (C=O) groups excluding carboxylic acids is 1. The van der Waals surface area contributed by atoms with Crippen molar-refractivity contribution in [3.63, 3.8) is 0 Å². The van der Waals surface area contributed by atoms with Crippen LogP contribution < -0.4 is 15.2 Å². The maximum atomic E-state index is 13.4. The number of nitrogens with one attached hydrogen (secondary N) is 1. The van der Waals surface area contributed by atoms with Gasteiger partial charge in [0, 0.05) is 30.1 Å². The second-order valence-electron chi connectivity index (χ2n) is 8.41. The Hall–Kier alpha value is -3.30. The predicted molar refractivity (Wildman–Crippen MR) is 130 cm³/mol.